The molecule has 0 N–H and O–H groups in total. The molecular formula is C23H35N3O3. The third-order valence-corrected chi connectivity index (χ3v) is 6.05. The van der Waals surface area contributed by atoms with Crippen LogP contribution in [0, 0.1) is 6.92 Å². The Morgan fingerprint density at radius 2 is 1.86 bits per heavy atom. The number of ether oxygens (including phenoxy) is 1. The van der Waals surface area contributed by atoms with Gasteiger partial charge in [0.25, 0.3) is 0 Å². The highest BCUT2D eigenvalue weighted by Crippen LogP contribution is 2.18. The number of piperidine rings is 1. The van der Waals surface area contributed by atoms with Crippen molar-refractivity contribution in [2.45, 2.75) is 45.6 Å². The van der Waals surface area contributed by atoms with Gasteiger partial charge in [0.15, 0.2) is 0 Å². The van der Waals surface area contributed by atoms with Crippen LogP contribution in [0.2, 0.25) is 0 Å². The monoisotopic (exact) mass is 401 g/mol. The van der Waals surface area contributed by atoms with E-state index in [9.17, 15) is 9.59 Å². The second kappa shape index (κ2) is 10.7. The average Bonchev–Trinajstić information content (AvgIpc) is 2.73. The summed E-state index contributed by atoms with van der Waals surface area (Å²) in [5.74, 6) is 0.278. The fourth-order valence-electron chi connectivity index (χ4n) is 4.31. The first-order valence-corrected chi connectivity index (χ1v) is 10.9. The van der Waals surface area contributed by atoms with Crippen LogP contribution in [0.1, 0.15) is 37.3 Å². The summed E-state index contributed by atoms with van der Waals surface area (Å²) < 4.78 is 5.40. The van der Waals surface area contributed by atoms with Crippen molar-refractivity contribution in [1.29, 1.82) is 0 Å². The van der Waals surface area contributed by atoms with Gasteiger partial charge in [-0.05, 0) is 31.7 Å². The zero-order chi connectivity index (χ0) is 20.6. The van der Waals surface area contributed by atoms with Crippen molar-refractivity contribution in [2.75, 3.05) is 52.5 Å². The topological polar surface area (TPSA) is 53.1 Å². The quantitative estimate of drug-likeness (QED) is 0.702. The highest BCUT2D eigenvalue weighted by atomic mass is 16.5. The molecule has 0 aliphatic carbocycles. The highest BCUT2D eigenvalue weighted by Gasteiger charge is 2.29. The van der Waals surface area contributed by atoms with Crippen LogP contribution in [0.3, 0.4) is 0 Å². The van der Waals surface area contributed by atoms with Crippen LogP contribution in [0.4, 0.5) is 0 Å². The fraction of sp³-hybridized carbons (Fsp3) is 0.652. The van der Waals surface area contributed by atoms with E-state index in [0.29, 0.717) is 13.0 Å². The Kier molecular flexibility index (Phi) is 8.07. The number of likely N-dealkylation sites (tertiary alicyclic amines) is 1. The van der Waals surface area contributed by atoms with Gasteiger partial charge in [0.1, 0.15) is 0 Å². The van der Waals surface area contributed by atoms with Crippen LogP contribution in [-0.4, -0.2) is 85.0 Å². The molecule has 2 amide bonds. The summed E-state index contributed by atoms with van der Waals surface area (Å²) in [6.45, 7) is 10.5. The minimum absolute atomic E-state index is 0.116. The molecule has 1 aromatic carbocycles. The first-order valence-electron chi connectivity index (χ1n) is 10.9. The van der Waals surface area contributed by atoms with Gasteiger partial charge in [0.2, 0.25) is 11.8 Å². The first-order chi connectivity index (χ1) is 14.0. The predicted octanol–water partition coefficient (Wildman–Crippen LogP) is 2.10. The van der Waals surface area contributed by atoms with Gasteiger partial charge in [0.05, 0.1) is 19.6 Å². The number of hydrogen-bond donors (Lipinski definition) is 0. The van der Waals surface area contributed by atoms with Gasteiger partial charge in [-0.1, -0.05) is 29.8 Å². The number of amides is 2. The van der Waals surface area contributed by atoms with Crippen molar-refractivity contribution in [3.8, 4) is 0 Å². The molecule has 2 saturated heterocycles. The highest BCUT2D eigenvalue weighted by molar-refractivity contribution is 5.79. The molecule has 1 unspecified atom stereocenters. The molecule has 1 atom stereocenters. The van der Waals surface area contributed by atoms with Crippen LogP contribution in [0.15, 0.2) is 24.3 Å². The molecule has 0 saturated carbocycles. The van der Waals surface area contributed by atoms with Crippen LogP contribution >= 0.6 is 0 Å². The van der Waals surface area contributed by atoms with Gasteiger partial charge in [-0.15, -0.1) is 0 Å². The molecule has 3 rings (SSSR count). The molecule has 29 heavy (non-hydrogen) atoms. The third-order valence-electron chi connectivity index (χ3n) is 6.05. The minimum Gasteiger partial charge on any atom is -0.379 e. The Morgan fingerprint density at radius 3 is 2.55 bits per heavy atom. The van der Waals surface area contributed by atoms with Gasteiger partial charge in [-0.3, -0.25) is 14.5 Å². The van der Waals surface area contributed by atoms with Crippen LogP contribution in [0.5, 0.6) is 0 Å². The SMILES string of the molecule is CC(=O)N(CCCN1CCOCC1)C1CCCN(C(=O)Cc2ccc(C)cc2)C1. The van der Waals surface area contributed by atoms with Crippen molar-refractivity contribution in [3.63, 3.8) is 0 Å². The predicted molar refractivity (Wildman–Crippen MR) is 114 cm³/mol. The van der Waals surface area contributed by atoms with E-state index in [4.69, 9.17) is 4.74 Å². The fourth-order valence-corrected chi connectivity index (χ4v) is 4.31. The zero-order valence-electron chi connectivity index (χ0n) is 17.9. The maximum Gasteiger partial charge on any atom is 0.227 e. The molecule has 2 aliphatic rings. The van der Waals surface area contributed by atoms with E-state index in [1.54, 1.807) is 6.92 Å². The lowest BCUT2D eigenvalue weighted by molar-refractivity contribution is -0.138. The number of aryl methyl sites for hydroxylation is 1. The summed E-state index contributed by atoms with van der Waals surface area (Å²) in [4.78, 5) is 31.5. The van der Waals surface area contributed by atoms with Gasteiger partial charge in [0, 0.05) is 52.2 Å². The van der Waals surface area contributed by atoms with Crippen molar-refractivity contribution in [1.82, 2.24) is 14.7 Å². The number of morpholine rings is 1. The van der Waals surface area contributed by atoms with Gasteiger partial charge in [-0.2, -0.15) is 0 Å². The molecule has 0 spiro atoms. The molecule has 2 aliphatic heterocycles. The van der Waals surface area contributed by atoms with Crippen molar-refractivity contribution < 1.29 is 14.3 Å². The van der Waals surface area contributed by atoms with Crippen LogP contribution in [-0.2, 0) is 20.7 Å². The lowest BCUT2D eigenvalue weighted by Crippen LogP contribution is -2.52. The number of carbonyl (C=O) groups is 2. The van der Waals surface area contributed by atoms with E-state index in [0.717, 1.165) is 70.8 Å². The summed E-state index contributed by atoms with van der Waals surface area (Å²) in [6, 6.07) is 8.29. The number of carbonyl (C=O) groups excluding carboxylic acids is 2. The van der Waals surface area contributed by atoms with Crippen LogP contribution in [0.25, 0.3) is 0 Å². The molecule has 0 radical (unpaired) electrons. The molecule has 2 heterocycles. The molecule has 2 fully saturated rings. The van der Waals surface area contributed by atoms with Crippen molar-refractivity contribution in [3.05, 3.63) is 35.4 Å². The van der Waals surface area contributed by atoms with E-state index >= 15 is 0 Å². The molecule has 160 valence electrons. The Hall–Kier alpha value is -1.92. The second-order valence-electron chi connectivity index (χ2n) is 8.32. The number of benzene rings is 1. The summed E-state index contributed by atoms with van der Waals surface area (Å²) >= 11 is 0. The zero-order valence-corrected chi connectivity index (χ0v) is 17.9. The lowest BCUT2D eigenvalue weighted by Gasteiger charge is -2.39. The van der Waals surface area contributed by atoms with Crippen molar-refractivity contribution >= 4 is 11.8 Å². The van der Waals surface area contributed by atoms with E-state index in [1.807, 2.05) is 34.1 Å². The summed E-state index contributed by atoms with van der Waals surface area (Å²) in [6.07, 6.45) is 3.33. The first kappa shape index (κ1) is 21.8. The molecule has 0 bridgehead atoms. The third kappa shape index (κ3) is 6.54. The Morgan fingerprint density at radius 1 is 1.14 bits per heavy atom. The van der Waals surface area contributed by atoms with Crippen LogP contribution < -0.4 is 0 Å². The molecule has 0 aromatic heterocycles. The lowest BCUT2D eigenvalue weighted by atomic mass is 10.0. The van der Waals surface area contributed by atoms with Gasteiger partial charge >= 0.3 is 0 Å². The standard InChI is InChI=1S/C23H35N3O3/c1-19-6-8-21(9-7-19)17-23(28)25-11-3-5-22(18-25)26(20(2)27)12-4-10-24-13-15-29-16-14-24/h6-9,22H,3-5,10-18H2,1-2H3. The largest absolute Gasteiger partial charge is 0.379 e. The van der Waals surface area contributed by atoms with Gasteiger partial charge < -0.3 is 14.5 Å². The maximum absolute atomic E-state index is 12.8. The minimum atomic E-state index is 0.116. The smallest absolute Gasteiger partial charge is 0.227 e. The van der Waals surface area contributed by atoms with Gasteiger partial charge in [-0.25, -0.2) is 0 Å². The Bertz CT molecular complexity index is 670. The molecule has 6 nitrogen and oxygen atoms in total. The summed E-state index contributed by atoms with van der Waals surface area (Å²) in [7, 11) is 0. The number of hydrogen-bond acceptors (Lipinski definition) is 4. The molecule has 6 heteroatoms. The number of nitrogens with zero attached hydrogens (tertiary/aromatic N) is 3. The van der Waals surface area contributed by atoms with E-state index < -0.39 is 0 Å². The second-order valence-corrected chi connectivity index (χ2v) is 8.32. The van der Waals surface area contributed by atoms with Crippen molar-refractivity contribution in [2.24, 2.45) is 0 Å². The van der Waals surface area contributed by atoms with E-state index in [1.165, 1.54) is 5.56 Å². The Balaban J connectivity index is 1.51. The normalized spacial score (nSPS) is 20.5. The Labute approximate surface area is 174 Å². The number of rotatable bonds is 7. The van der Waals surface area contributed by atoms with E-state index in [-0.39, 0.29) is 17.9 Å². The summed E-state index contributed by atoms with van der Waals surface area (Å²) in [5, 5.41) is 0. The molecule has 1 aromatic rings. The average molecular weight is 402 g/mol. The maximum atomic E-state index is 12.8. The molecular weight excluding hydrogens is 366 g/mol. The summed E-state index contributed by atoms with van der Waals surface area (Å²) in [5.41, 5.74) is 2.25. The van der Waals surface area contributed by atoms with E-state index in [2.05, 4.69) is 11.8 Å².